The van der Waals surface area contributed by atoms with Crippen molar-refractivity contribution in [3.63, 3.8) is 0 Å². The summed E-state index contributed by atoms with van der Waals surface area (Å²) in [6, 6.07) is 65.9. The molecule has 0 atom stereocenters. The Morgan fingerprint density at radius 2 is 0.878 bits per heavy atom. The maximum atomic E-state index is 2.44. The van der Waals surface area contributed by atoms with E-state index in [1.807, 2.05) is 0 Å². The lowest BCUT2D eigenvalue weighted by Crippen LogP contribution is -2.10. The molecule has 0 radical (unpaired) electrons. The van der Waals surface area contributed by atoms with Crippen LogP contribution in [0.3, 0.4) is 0 Å². The van der Waals surface area contributed by atoms with Crippen molar-refractivity contribution in [3.05, 3.63) is 188 Å². The van der Waals surface area contributed by atoms with Gasteiger partial charge < -0.3 is 14.0 Å². The summed E-state index contributed by atoms with van der Waals surface area (Å²) in [7, 11) is 0. The number of nitrogens with zero attached hydrogens (tertiary/aromatic N) is 3. The molecule has 0 spiro atoms. The molecule has 49 heavy (non-hydrogen) atoms. The first kappa shape index (κ1) is 27.5. The molecular weight excluding hydrogens is 595 g/mol. The Labute approximate surface area is 284 Å². The van der Waals surface area contributed by atoms with Crippen molar-refractivity contribution >= 4 is 71.3 Å². The number of aromatic nitrogens is 2. The van der Waals surface area contributed by atoms with Crippen LogP contribution >= 0.6 is 0 Å². The first-order chi connectivity index (χ1) is 24.3. The molecule has 0 aliphatic carbocycles. The smallest absolute Gasteiger partial charge is 0.0788 e. The Kier molecular flexibility index (Phi) is 6.18. The topological polar surface area (TPSA) is 13.1 Å². The van der Waals surface area contributed by atoms with Gasteiger partial charge in [-0.15, -0.1) is 0 Å². The minimum Gasteiger partial charge on any atom is -0.315 e. The van der Waals surface area contributed by atoms with Crippen molar-refractivity contribution in [1.29, 1.82) is 0 Å². The van der Waals surface area contributed by atoms with Gasteiger partial charge in [0.25, 0.3) is 0 Å². The van der Waals surface area contributed by atoms with Crippen LogP contribution in [0.2, 0.25) is 0 Å². The normalized spacial score (nSPS) is 11.7. The van der Waals surface area contributed by atoms with E-state index in [2.05, 4.69) is 202 Å². The van der Waals surface area contributed by atoms with Gasteiger partial charge >= 0.3 is 0 Å². The summed E-state index contributed by atoms with van der Waals surface area (Å²) in [5, 5.41) is 8.55. The molecule has 2 heterocycles. The second-order valence-corrected chi connectivity index (χ2v) is 12.7. The molecule has 10 aromatic rings. The molecule has 0 bridgehead atoms. The van der Waals surface area contributed by atoms with Crippen LogP contribution in [0.4, 0.5) is 17.1 Å². The minimum absolute atomic E-state index is 1.11. The number of benzene rings is 8. The Morgan fingerprint density at radius 1 is 0.347 bits per heavy atom. The van der Waals surface area contributed by atoms with Crippen LogP contribution < -0.4 is 4.90 Å². The number of rotatable bonds is 5. The van der Waals surface area contributed by atoms with Crippen LogP contribution in [0.5, 0.6) is 0 Å². The predicted octanol–water partition coefficient (Wildman–Crippen LogP) is 12.5. The third kappa shape index (κ3) is 4.44. The molecule has 0 saturated heterocycles. The Morgan fingerprint density at radius 3 is 1.53 bits per heavy atom. The molecule has 230 valence electrons. The molecule has 0 fully saturated rings. The second-order valence-electron chi connectivity index (χ2n) is 12.7. The van der Waals surface area contributed by atoms with Crippen LogP contribution in [-0.4, -0.2) is 9.13 Å². The van der Waals surface area contributed by atoms with Crippen molar-refractivity contribution in [3.8, 4) is 11.4 Å². The molecule has 3 nitrogen and oxygen atoms in total. The third-order valence-corrected chi connectivity index (χ3v) is 9.85. The van der Waals surface area contributed by atoms with E-state index in [0.29, 0.717) is 0 Å². The van der Waals surface area contributed by atoms with E-state index < -0.39 is 0 Å². The van der Waals surface area contributed by atoms with Gasteiger partial charge in [0, 0.05) is 50.8 Å². The molecule has 2 aromatic heterocycles. The summed E-state index contributed by atoms with van der Waals surface area (Å²) in [6.45, 7) is 0. The molecule has 8 aromatic carbocycles. The quantitative estimate of drug-likeness (QED) is 0.185. The largest absolute Gasteiger partial charge is 0.315 e. The molecule has 0 saturated carbocycles. The van der Waals surface area contributed by atoms with Crippen LogP contribution in [0.1, 0.15) is 0 Å². The van der Waals surface area contributed by atoms with Gasteiger partial charge in [-0.3, -0.25) is 0 Å². The second kappa shape index (κ2) is 11.0. The van der Waals surface area contributed by atoms with Crippen molar-refractivity contribution in [2.75, 3.05) is 4.90 Å². The molecule has 3 heteroatoms. The lowest BCUT2D eigenvalue weighted by Gasteiger charge is -2.26. The van der Waals surface area contributed by atoms with E-state index in [0.717, 1.165) is 28.4 Å². The van der Waals surface area contributed by atoms with Gasteiger partial charge in [0.05, 0.1) is 16.6 Å². The van der Waals surface area contributed by atoms with Crippen molar-refractivity contribution < 1.29 is 0 Å². The molecule has 0 N–H and O–H groups in total. The highest BCUT2D eigenvalue weighted by Crippen LogP contribution is 2.43. The first-order valence-electron chi connectivity index (χ1n) is 16.8. The Balaban J connectivity index is 1.27. The average molecular weight is 626 g/mol. The molecule has 0 aliphatic heterocycles. The lowest BCUT2D eigenvalue weighted by molar-refractivity contribution is 1.12. The van der Waals surface area contributed by atoms with E-state index in [-0.39, 0.29) is 0 Å². The summed E-state index contributed by atoms with van der Waals surface area (Å²) in [4.78, 5) is 2.40. The minimum atomic E-state index is 1.11. The van der Waals surface area contributed by atoms with E-state index in [1.165, 1.54) is 54.3 Å². The molecular formula is C46H31N3. The summed E-state index contributed by atoms with van der Waals surface area (Å²) >= 11 is 0. The number of fused-ring (bicyclic) bond motifs is 7. The number of hydrogen-bond acceptors (Lipinski definition) is 1. The fourth-order valence-electron chi connectivity index (χ4n) is 7.58. The van der Waals surface area contributed by atoms with Crippen LogP contribution in [0, 0.1) is 0 Å². The highest BCUT2D eigenvalue weighted by atomic mass is 15.1. The first-order valence-corrected chi connectivity index (χ1v) is 16.8. The molecule has 0 amide bonds. The number of anilines is 3. The van der Waals surface area contributed by atoms with E-state index >= 15 is 0 Å². The van der Waals surface area contributed by atoms with Gasteiger partial charge in [-0.2, -0.15) is 0 Å². The highest BCUT2D eigenvalue weighted by Gasteiger charge is 2.21. The van der Waals surface area contributed by atoms with Crippen molar-refractivity contribution in [2.24, 2.45) is 0 Å². The van der Waals surface area contributed by atoms with Gasteiger partial charge in [-0.05, 0) is 94.3 Å². The van der Waals surface area contributed by atoms with Crippen LogP contribution in [0.15, 0.2) is 188 Å². The van der Waals surface area contributed by atoms with E-state index in [4.69, 9.17) is 0 Å². The average Bonchev–Trinajstić information content (AvgIpc) is 3.75. The van der Waals surface area contributed by atoms with Crippen LogP contribution in [-0.2, 0) is 0 Å². The predicted molar refractivity (Wildman–Crippen MR) is 207 cm³/mol. The van der Waals surface area contributed by atoms with E-state index in [1.54, 1.807) is 0 Å². The summed E-state index contributed by atoms with van der Waals surface area (Å²) < 4.78 is 4.76. The molecule has 0 unspecified atom stereocenters. The summed E-state index contributed by atoms with van der Waals surface area (Å²) in [6.07, 6.45) is 2.19. The van der Waals surface area contributed by atoms with Gasteiger partial charge in [0.2, 0.25) is 0 Å². The van der Waals surface area contributed by atoms with Gasteiger partial charge in [-0.1, -0.05) is 109 Å². The Hall–Kier alpha value is -6.58. The van der Waals surface area contributed by atoms with Gasteiger partial charge in [0.15, 0.2) is 0 Å². The standard InChI is InChI=1S/C46H31N3/c1-3-15-37(16-4-1)47-28-27-34-21-25-42-43-31-41(24-26-44(43)49(46(42)45(34)47)38-17-5-2-6-18-38)48(39-22-19-32-11-7-9-13-35(32)29-39)40-23-20-33-12-8-10-14-36(33)30-40/h1-31H. The van der Waals surface area contributed by atoms with Gasteiger partial charge in [0.1, 0.15) is 0 Å². The number of hydrogen-bond donors (Lipinski definition) is 0. The maximum Gasteiger partial charge on any atom is 0.0788 e. The van der Waals surface area contributed by atoms with E-state index in [9.17, 15) is 0 Å². The van der Waals surface area contributed by atoms with Crippen molar-refractivity contribution in [1.82, 2.24) is 9.13 Å². The van der Waals surface area contributed by atoms with Crippen LogP contribution in [0.25, 0.3) is 65.6 Å². The third-order valence-electron chi connectivity index (χ3n) is 9.85. The van der Waals surface area contributed by atoms with Crippen molar-refractivity contribution in [2.45, 2.75) is 0 Å². The zero-order valence-corrected chi connectivity index (χ0v) is 26.7. The highest BCUT2D eigenvalue weighted by molar-refractivity contribution is 6.19. The molecule has 10 rings (SSSR count). The number of para-hydroxylation sites is 2. The lowest BCUT2D eigenvalue weighted by atomic mass is 10.1. The fraction of sp³-hybridized carbons (Fsp3) is 0. The maximum absolute atomic E-state index is 2.44. The monoisotopic (exact) mass is 625 g/mol. The SMILES string of the molecule is c1ccc(-n2ccc3ccc4c5cc(N(c6ccc7ccccc7c6)c6ccc7ccccc7c6)ccc5n(-c5ccccc5)c4c32)cc1. The van der Waals surface area contributed by atoms with Gasteiger partial charge in [-0.25, -0.2) is 0 Å². The fourth-order valence-corrected chi connectivity index (χ4v) is 7.58. The summed E-state index contributed by atoms with van der Waals surface area (Å²) in [5.74, 6) is 0. The molecule has 0 aliphatic rings. The zero-order valence-electron chi connectivity index (χ0n) is 26.7. The Bertz CT molecular complexity index is 2750. The zero-order chi connectivity index (χ0) is 32.3. The summed E-state index contributed by atoms with van der Waals surface area (Å²) in [5.41, 5.74) is 9.23.